The maximum absolute atomic E-state index is 10.9. The SMILES string of the molecule is CC(=O)NCCOc1cccc(CN2CCCC(Nc3ccc(N)c(C=N)c3)C2)c1. The van der Waals surface area contributed by atoms with Gasteiger partial charge in [-0.2, -0.15) is 0 Å². The van der Waals surface area contributed by atoms with E-state index in [4.69, 9.17) is 15.9 Å². The van der Waals surface area contributed by atoms with E-state index in [9.17, 15) is 4.79 Å². The quantitative estimate of drug-likeness (QED) is 0.290. The van der Waals surface area contributed by atoms with Crippen molar-refractivity contribution >= 4 is 23.5 Å². The molecule has 1 amide bonds. The number of nitrogens with one attached hydrogen (secondary N) is 3. The Bertz CT molecular complexity index is 870. The molecule has 1 aliphatic rings. The Balaban J connectivity index is 1.52. The number of nitrogens with two attached hydrogens (primary N) is 1. The summed E-state index contributed by atoms with van der Waals surface area (Å²) in [5.41, 5.74) is 9.47. The van der Waals surface area contributed by atoms with Gasteiger partial charge in [0.1, 0.15) is 12.4 Å². The summed E-state index contributed by atoms with van der Waals surface area (Å²) in [4.78, 5) is 13.4. The average molecular weight is 410 g/mol. The summed E-state index contributed by atoms with van der Waals surface area (Å²) in [7, 11) is 0. The van der Waals surface area contributed by atoms with Crippen LogP contribution in [0.2, 0.25) is 0 Å². The lowest BCUT2D eigenvalue weighted by molar-refractivity contribution is -0.119. The number of carbonyl (C=O) groups is 1. The molecule has 30 heavy (non-hydrogen) atoms. The van der Waals surface area contributed by atoms with Crippen molar-refractivity contribution in [3.63, 3.8) is 0 Å². The lowest BCUT2D eigenvalue weighted by atomic mass is 10.0. The maximum atomic E-state index is 10.9. The molecular weight excluding hydrogens is 378 g/mol. The van der Waals surface area contributed by atoms with Gasteiger partial charge in [-0.15, -0.1) is 0 Å². The molecule has 5 N–H and O–H groups in total. The van der Waals surface area contributed by atoms with Crippen LogP contribution < -0.4 is 21.1 Å². The summed E-state index contributed by atoms with van der Waals surface area (Å²) in [6, 6.07) is 14.3. The second kappa shape index (κ2) is 10.6. The highest BCUT2D eigenvalue weighted by atomic mass is 16.5. The first-order chi connectivity index (χ1) is 14.5. The van der Waals surface area contributed by atoms with Gasteiger partial charge in [-0.05, 0) is 55.3 Å². The van der Waals surface area contributed by atoms with E-state index in [0.29, 0.717) is 24.9 Å². The van der Waals surface area contributed by atoms with Crippen LogP contribution in [0.5, 0.6) is 5.75 Å². The minimum Gasteiger partial charge on any atom is -0.492 e. The Labute approximate surface area is 178 Å². The largest absolute Gasteiger partial charge is 0.492 e. The van der Waals surface area contributed by atoms with Crippen molar-refractivity contribution in [1.29, 1.82) is 5.41 Å². The highest BCUT2D eigenvalue weighted by molar-refractivity contribution is 5.86. The summed E-state index contributed by atoms with van der Waals surface area (Å²) >= 11 is 0. The maximum Gasteiger partial charge on any atom is 0.216 e. The van der Waals surface area contributed by atoms with Gasteiger partial charge in [0.05, 0.1) is 6.54 Å². The molecule has 7 nitrogen and oxygen atoms in total. The van der Waals surface area contributed by atoms with E-state index < -0.39 is 0 Å². The number of piperidine rings is 1. The first-order valence-corrected chi connectivity index (χ1v) is 10.4. The molecule has 0 saturated carbocycles. The molecule has 1 heterocycles. The Kier molecular flexibility index (Phi) is 7.68. The van der Waals surface area contributed by atoms with Crippen molar-refractivity contribution in [2.45, 2.75) is 32.4 Å². The van der Waals surface area contributed by atoms with E-state index in [1.165, 1.54) is 18.7 Å². The summed E-state index contributed by atoms with van der Waals surface area (Å²) in [6.07, 6.45) is 3.54. The van der Waals surface area contributed by atoms with Crippen LogP contribution in [0.1, 0.15) is 30.9 Å². The molecule has 1 unspecified atom stereocenters. The van der Waals surface area contributed by atoms with Crippen LogP contribution in [-0.2, 0) is 11.3 Å². The Morgan fingerprint density at radius 2 is 2.20 bits per heavy atom. The van der Waals surface area contributed by atoms with Gasteiger partial charge in [0.2, 0.25) is 5.91 Å². The third-order valence-electron chi connectivity index (χ3n) is 5.17. The van der Waals surface area contributed by atoms with Crippen molar-refractivity contribution in [3.8, 4) is 5.75 Å². The second-order valence-corrected chi connectivity index (χ2v) is 7.69. The molecule has 2 aromatic rings. The van der Waals surface area contributed by atoms with Crippen LogP contribution in [0.15, 0.2) is 42.5 Å². The smallest absolute Gasteiger partial charge is 0.216 e. The molecule has 160 valence electrons. The van der Waals surface area contributed by atoms with Gasteiger partial charge in [0, 0.05) is 49.2 Å². The number of benzene rings is 2. The van der Waals surface area contributed by atoms with Crippen molar-refractivity contribution in [2.24, 2.45) is 0 Å². The topological polar surface area (TPSA) is 103 Å². The number of rotatable bonds is 9. The number of nitrogen functional groups attached to an aromatic ring is 1. The third-order valence-corrected chi connectivity index (χ3v) is 5.17. The number of hydrogen-bond donors (Lipinski definition) is 4. The van der Waals surface area contributed by atoms with Crippen LogP contribution in [0, 0.1) is 5.41 Å². The van der Waals surface area contributed by atoms with Gasteiger partial charge in [0.25, 0.3) is 0 Å². The minimum absolute atomic E-state index is 0.0476. The molecule has 2 aromatic carbocycles. The zero-order valence-corrected chi connectivity index (χ0v) is 17.5. The van der Waals surface area contributed by atoms with E-state index in [1.54, 1.807) is 0 Å². The van der Waals surface area contributed by atoms with Crippen molar-refractivity contribution < 1.29 is 9.53 Å². The van der Waals surface area contributed by atoms with Gasteiger partial charge in [-0.1, -0.05) is 12.1 Å². The second-order valence-electron chi connectivity index (χ2n) is 7.69. The fraction of sp³-hybridized carbons (Fsp3) is 0.391. The van der Waals surface area contributed by atoms with Gasteiger partial charge in [-0.3, -0.25) is 9.69 Å². The average Bonchev–Trinajstić information content (AvgIpc) is 2.73. The molecule has 0 bridgehead atoms. The van der Waals surface area contributed by atoms with Gasteiger partial charge >= 0.3 is 0 Å². The fourth-order valence-electron chi connectivity index (χ4n) is 3.73. The number of carbonyl (C=O) groups excluding carboxylic acids is 1. The number of anilines is 2. The van der Waals surface area contributed by atoms with E-state index in [2.05, 4.69) is 27.7 Å². The first-order valence-electron chi connectivity index (χ1n) is 10.4. The molecule has 1 atom stereocenters. The molecule has 0 spiro atoms. The molecule has 3 rings (SSSR count). The van der Waals surface area contributed by atoms with E-state index in [-0.39, 0.29) is 5.91 Å². The normalized spacial score (nSPS) is 16.6. The molecule has 1 fully saturated rings. The predicted molar refractivity (Wildman–Crippen MR) is 121 cm³/mol. The lowest BCUT2D eigenvalue weighted by Gasteiger charge is -2.33. The Hall–Kier alpha value is -3.06. The number of hydrogen-bond acceptors (Lipinski definition) is 6. The lowest BCUT2D eigenvalue weighted by Crippen LogP contribution is -2.41. The zero-order chi connectivity index (χ0) is 21.3. The summed E-state index contributed by atoms with van der Waals surface area (Å²) in [5.74, 6) is 0.777. The molecule has 1 aliphatic heterocycles. The minimum atomic E-state index is -0.0476. The van der Waals surface area contributed by atoms with Crippen molar-refractivity contribution in [3.05, 3.63) is 53.6 Å². The number of amides is 1. The number of ether oxygens (including phenoxy) is 1. The summed E-state index contributed by atoms with van der Waals surface area (Å²) in [6.45, 7) is 5.36. The summed E-state index contributed by atoms with van der Waals surface area (Å²) < 4.78 is 5.74. The number of likely N-dealkylation sites (tertiary alicyclic amines) is 1. The van der Waals surface area contributed by atoms with Crippen LogP contribution in [0.4, 0.5) is 11.4 Å². The van der Waals surface area contributed by atoms with E-state index in [0.717, 1.165) is 49.5 Å². The first kappa shape index (κ1) is 21.6. The highest BCUT2D eigenvalue weighted by Crippen LogP contribution is 2.22. The molecule has 0 aliphatic carbocycles. The zero-order valence-electron chi connectivity index (χ0n) is 17.5. The Morgan fingerprint density at radius 1 is 1.33 bits per heavy atom. The monoisotopic (exact) mass is 409 g/mol. The third kappa shape index (κ3) is 6.49. The predicted octanol–water partition coefficient (Wildman–Crippen LogP) is 2.86. The molecule has 1 saturated heterocycles. The number of nitrogens with zero attached hydrogens (tertiary/aromatic N) is 1. The molecule has 7 heteroatoms. The molecule has 0 radical (unpaired) electrons. The van der Waals surface area contributed by atoms with E-state index in [1.807, 2.05) is 30.3 Å². The Morgan fingerprint density at radius 3 is 3.00 bits per heavy atom. The van der Waals surface area contributed by atoms with E-state index >= 15 is 0 Å². The van der Waals surface area contributed by atoms with Gasteiger partial charge < -0.3 is 26.5 Å². The standard InChI is InChI=1S/C23H31N5O2/c1-17(29)26-9-11-30-22-6-2-4-18(12-22)15-28-10-3-5-21(16-28)27-20-7-8-23(25)19(13-20)14-24/h2,4,6-8,12-14,21,24,27H,3,5,9-11,15-16,25H2,1H3,(H,26,29). The van der Waals surface area contributed by atoms with Gasteiger partial charge in [-0.25, -0.2) is 0 Å². The van der Waals surface area contributed by atoms with Crippen molar-refractivity contribution in [2.75, 3.05) is 37.3 Å². The van der Waals surface area contributed by atoms with Crippen LogP contribution >= 0.6 is 0 Å². The van der Waals surface area contributed by atoms with Crippen molar-refractivity contribution in [1.82, 2.24) is 10.2 Å². The van der Waals surface area contributed by atoms with Crippen LogP contribution in [-0.4, -0.2) is 49.3 Å². The van der Waals surface area contributed by atoms with Gasteiger partial charge in [0.15, 0.2) is 0 Å². The molecule has 0 aromatic heterocycles. The highest BCUT2D eigenvalue weighted by Gasteiger charge is 2.20. The summed E-state index contributed by atoms with van der Waals surface area (Å²) in [5, 5.41) is 13.8. The fourth-order valence-corrected chi connectivity index (χ4v) is 3.73. The van der Waals surface area contributed by atoms with Crippen LogP contribution in [0.25, 0.3) is 0 Å². The van der Waals surface area contributed by atoms with Crippen LogP contribution in [0.3, 0.4) is 0 Å². The molecular formula is C23H31N5O2.